The van der Waals surface area contributed by atoms with E-state index in [9.17, 15) is 4.39 Å². The van der Waals surface area contributed by atoms with Gasteiger partial charge in [-0.2, -0.15) is 0 Å². The van der Waals surface area contributed by atoms with Crippen LogP contribution < -0.4 is 11.1 Å². The molecule has 3 aromatic rings. The predicted molar refractivity (Wildman–Crippen MR) is 114 cm³/mol. The van der Waals surface area contributed by atoms with E-state index in [1.54, 1.807) is 18.2 Å². The highest BCUT2D eigenvalue weighted by atomic mass is 35.5. The second-order valence-electron chi connectivity index (χ2n) is 7.91. The Hall–Kier alpha value is -2.88. The number of rotatable bonds is 2. The zero-order valence-electron chi connectivity index (χ0n) is 15.8. The van der Waals surface area contributed by atoms with Gasteiger partial charge >= 0.3 is 0 Å². The van der Waals surface area contributed by atoms with Crippen molar-refractivity contribution in [2.75, 3.05) is 31.2 Å². The standard InChI is InChI=1S/C22H19ClFN5/c1-29-10-14-9-22(14,11-29)6-5-13-7-19-15(8-17(13)25)21(27-12-26-19)28-18-4-2-3-16(23)20(18)24/h2-4,7-8,12,14H,9-11,25H2,1H3,(H,26,27,28). The van der Waals surface area contributed by atoms with Crippen LogP contribution in [0.1, 0.15) is 12.0 Å². The lowest BCUT2D eigenvalue weighted by Gasteiger charge is -2.11. The van der Waals surface area contributed by atoms with E-state index in [4.69, 9.17) is 17.3 Å². The van der Waals surface area contributed by atoms with Crippen molar-refractivity contribution in [3.63, 3.8) is 0 Å². The van der Waals surface area contributed by atoms with Crippen molar-refractivity contribution in [1.82, 2.24) is 14.9 Å². The first-order valence-corrected chi connectivity index (χ1v) is 9.80. The highest BCUT2D eigenvalue weighted by Crippen LogP contribution is 2.56. The average molecular weight is 408 g/mol. The second-order valence-corrected chi connectivity index (χ2v) is 8.32. The summed E-state index contributed by atoms with van der Waals surface area (Å²) >= 11 is 5.87. The van der Waals surface area contributed by atoms with Crippen LogP contribution in [0.4, 0.5) is 21.6 Å². The molecule has 1 aromatic heterocycles. The van der Waals surface area contributed by atoms with Crippen molar-refractivity contribution in [1.29, 1.82) is 0 Å². The number of aromatic nitrogens is 2. The molecule has 3 N–H and O–H groups in total. The van der Waals surface area contributed by atoms with Crippen molar-refractivity contribution in [2.24, 2.45) is 11.3 Å². The highest BCUT2D eigenvalue weighted by molar-refractivity contribution is 6.31. The quantitative estimate of drug-likeness (QED) is 0.495. The molecule has 146 valence electrons. The fraction of sp³-hybridized carbons (Fsp3) is 0.273. The largest absolute Gasteiger partial charge is 0.398 e. The molecule has 2 fully saturated rings. The van der Waals surface area contributed by atoms with Gasteiger partial charge in [-0.15, -0.1) is 0 Å². The van der Waals surface area contributed by atoms with Crippen LogP contribution >= 0.6 is 11.6 Å². The SMILES string of the molecule is CN1CC2CC2(C#Cc2cc3ncnc(Nc4cccc(Cl)c4F)c3cc2N)C1. The lowest BCUT2D eigenvalue weighted by Crippen LogP contribution is -2.19. The molecule has 2 atom stereocenters. The number of benzene rings is 2. The highest BCUT2D eigenvalue weighted by Gasteiger charge is 2.58. The van der Waals surface area contributed by atoms with E-state index in [0.717, 1.165) is 18.7 Å². The lowest BCUT2D eigenvalue weighted by molar-refractivity contribution is 0.360. The van der Waals surface area contributed by atoms with Gasteiger partial charge in [0.05, 0.1) is 16.2 Å². The Morgan fingerprint density at radius 2 is 2.21 bits per heavy atom. The Kier molecular flexibility index (Phi) is 4.12. The number of likely N-dealkylation sites (tertiary alicyclic amines) is 1. The Morgan fingerprint density at radius 3 is 3.00 bits per heavy atom. The Labute approximate surface area is 173 Å². The van der Waals surface area contributed by atoms with Crippen LogP contribution in [0.3, 0.4) is 0 Å². The summed E-state index contributed by atoms with van der Waals surface area (Å²) in [6.45, 7) is 2.13. The van der Waals surface area contributed by atoms with Gasteiger partial charge in [-0.1, -0.05) is 29.5 Å². The van der Waals surface area contributed by atoms with E-state index >= 15 is 0 Å². The van der Waals surface area contributed by atoms with E-state index in [1.807, 2.05) is 6.07 Å². The molecule has 0 radical (unpaired) electrons. The molecular formula is C22H19ClFN5. The third-order valence-electron chi connectivity index (χ3n) is 5.77. The molecule has 5 rings (SSSR count). The van der Waals surface area contributed by atoms with Gasteiger partial charge in [-0.3, -0.25) is 0 Å². The van der Waals surface area contributed by atoms with Crippen molar-refractivity contribution in [3.05, 3.63) is 53.1 Å². The number of fused-ring (bicyclic) bond motifs is 2. The van der Waals surface area contributed by atoms with E-state index < -0.39 is 5.82 Å². The number of nitrogens with one attached hydrogen (secondary N) is 1. The number of anilines is 3. The summed E-state index contributed by atoms with van der Waals surface area (Å²) in [7, 11) is 2.13. The first kappa shape index (κ1) is 18.2. The number of nitrogens with two attached hydrogens (primary N) is 1. The molecule has 2 aliphatic rings. The summed E-state index contributed by atoms with van der Waals surface area (Å²) in [5.74, 6) is 7.33. The van der Waals surface area contributed by atoms with E-state index in [2.05, 4.69) is 39.1 Å². The minimum atomic E-state index is -0.531. The fourth-order valence-corrected chi connectivity index (χ4v) is 4.35. The van der Waals surface area contributed by atoms with Gasteiger partial charge in [-0.05, 0) is 43.7 Å². The minimum Gasteiger partial charge on any atom is -0.398 e. The lowest BCUT2D eigenvalue weighted by atomic mass is 10.0. The number of halogens is 2. The van der Waals surface area contributed by atoms with Gasteiger partial charge in [0.25, 0.3) is 0 Å². The Balaban J connectivity index is 1.50. The molecule has 1 aliphatic heterocycles. The van der Waals surface area contributed by atoms with Gasteiger partial charge in [0, 0.05) is 35.1 Å². The van der Waals surface area contributed by atoms with E-state index in [1.165, 1.54) is 18.8 Å². The summed E-state index contributed by atoms with van der Waals surface area (Å²) in [4.78, 5) is 10.9. The van der Waals surface area contributed by atoms with Gasteiger partial charge in [0.15, 0.2) is 5.82 Å². The summed E-state index contributed by atoms with van der Waals surface area (Å²) < 4.78 is 14.3. The Morgan fingerprint density at radius 1 is 1.34 bits per heavy atom. The predicted octanol–water partition coefficient (Wildman–Crippen LogP) is 4.05. The van der Waals surface area contributed by atoms with Crippen LogP contribution in [0, 0.1) is 29.0 Å². The third-order valence-corrected chi connectivity index (χ3v) is 6.07. The average Bonchev–Trinajstić information content (AvgIpc) is 3.25. The zero-order chi connectivity index (χ0) is 20.2. The molecule has 7 heteroatoms. The van der Waals surface area contributed by atoms with Crippen LogP contribution in [-0.2, 0) is 0 Å². The van der Waals surface area contributed by atoms with E-state index in [0.29, 0.717) is 28.3 Å². The van der Waals surface area contributed by atoms with Crippen LogP contribution in [-0.4, -0.2) is 35.0 Å². The smallest absolute Gasteiger partial charge is 0.165 e. The first-order valence-electron chi connectivity index (χ1n) is 9.42. The van der Waals surface area contributed by atoms with Crippen molar-refractivity contribution < 1.29 is 4.39 Å². The molecule has 1 saturated carbocycles. The molecule has 29 heavy (non-hydrogen) atoms. The molecule has 5 nitrogen and oxygen atoms in total. The number of hydrogen-bond acceptors (Lipinski definition) is 5. The maximum Gasteiger partial charge on any atom is 0.165 e. The molecule has 2 unspecified atom stereocenters. The van der Waals surface area contributed by atoms with Crippen LogP contribution in [0.15, 0.2) is 36.7 Å². The van der Waals surface area contributed by atoms with Gasteiger partial charge < -0.3 is 16.0 Å². The van der Waals surface area contributed by atoms with Gasteiger partial charge in [0.2, 0.25) is 0 Å². The fourth-order valence-electron chi connectivity index (χ4n) is 4.18. The maximum atomic E-state index is 14.3. The number of piperidine rings is 1. The number of nitrogens with zero attached hydrogens (tertiary/aromatic N) is 3. The molecule has 0 bridgehead atoms. The van der Waals surface area contributed by atoms with Crippen molar-refractivity contribution >= 4 is 39.7 Å². The summed E-state index contributed by atoms with van der Waals surface area (Å²) in [5.41, 5.74) is 8.64. The molecule has 2 heterocycles. The van der Waals surface area contributed by atoms with Gasteiger partial charge in [0.1, 0.15) is 12.1 Å². The van der Waals surface area contributed by atoms with E-state index in [-0.39, 0.29) is 16.1 Å². The molecule has 1 aliphatic carbocycles. The maximum absolute atomic E-state index is 14.3. The van der Waals surface area contributed by atoms with Crippen LogP contribution in [0.5, 0.6) is 0 Å². The molecule has 0 spiro atoms. The Bertz CT molecular complexity index is 1200. The molecular weight excluding hydrogens is 389 g/mol. The topological polar surface area (TPSA) is 67.1 Å². The summed E-state index contributed by atoms with van der Waals surface area (Å²) in [6.07, 6.45) is 2.60. The van der Waals surface area contributed by atoms with Crippen LogP contribution in [0.25, 0.3) is 10.9 Å². The second kappa shape index (κ2) is 6.58. The summed E-state index contributed by atoms with van der Waals surface area (Å²) in [6, 6.07) is 8.42. The normalized spacial score (nSPS) is 22.8. The number of hydrogen-bond donors (Lipinski definition) is 2. The molecule has 1 saturated heterocycles. The van der Waals surface area contributed by atoms with Gasteiger partial charge in [-0.25, -0.2) is 14.4 Å². The minimum absolute atomic E-state index is 0.0424. The zero-order valence-corrected chi connectivity index (χ0v) is 16.6. The third kappa shape index (κ3) is 3.17. The molecule has 0 amide bonds. The van der Waals surface area contributed by atoms with Crippen molar-refractivity contribution in [2.45, 2.75) is 6.42 Å². The molecule has 2 aromatic carbocycles. The summed E-state index contributed by atoms with van der Waals surface area (Å²) in [5, 5.41) is 3.72. The first-order chi connectivity index (χ1) is 13.9. The van der Waals surface area contributed by atoms with Crippen LogP contribution in [0.2, 0.25) is 5.02 Å². The van der Waals surface area contributed by atoms with Crippen molar-refractivity contribution in [3.8, 4) is 11.8 Å². The number of nitrogen functional groups attached to an aromatic ring is 1. The monoisotopic (exact) mass is 407 g/mol.